The molecule has 8 heteroatoms. The molecule has 4 rings (SSSR count). The number of ketones is 1. The van der Waals surface area contributed by atoms with Crippen LogP contribution >= 0.6 is 0 Å². The van der Waals surface area contributed by atoms with Crippen molar-refractivity contribution < 1.29 is 23.5 Å². The Kier molecular flexibility index (Phi) is 4.28. The molecule has 2 saturated heterocycles. The number of ether oxygens (including phenoxy) is 1. The zero-order chi connectivity index (χ0) is 19.3. The fourth-order valence-corrected chi connectivity index (χ4v) is 4.34. The Labute approximate surface area is 156 Å². The van der Waals surface area contributed by atoms with E-state index in [1.807, 2.05) is 4.90 Å². The number of nitrogens with one attached hydrogen (secondary N) is 1. The Morgan fingerprint density at radius 1 is 1.22 bits per heavy atom. The zero-order valence-corrected chi connectivity index (χ0v) is 15.3. The molecule has 2 amide bonds. The Morgan fingerprint density at radius 2 is 1.93 bits per heavy atom. The van der Waals surface area contributed by atoms with E-state index >= 15 is 0 Å². The van der Waals surface area contributed by atoms with Crippen molar-refractivity contribution in [3.8, 4) is 0 Å². The molecule has 1 unspecified atom stereocenters. The van der Waals surface area contributed by atoms with Crippen molar-refractivity contribution >= 4 is 29.2 Å². The average molecular weight is 375 g/mol. The van der Waals surface area contributed by atoms with Gasteiger partial charge in [-0.25, -0.2) is 9.18 Å². The molecule has 3 aliphatic rings. The van der Waals surface area contributed by atoms with E-state index in [2.05, 4.69) is 5.32 Å². The van der Waals surface area contributed by atoms with Crippen LogP contribution in [0.5, 0.6) is 0 Å². The summed E-state index contributed by atoms with van der Waals surface area (Å²) in [6, 6.07) is 4.71. The van der Waals surface area contributed by atoms with E-state index in [-0.39, 0.29) is 30.7 Å². The summed E-state index contributed by atoms with van der Waals surface area (Å²) >= 11 is 0. The van der Waals surface area contributed by atoms with Crippen LogP contribution in [0.2, 0.25) is 0 Å². The van der Waals surface area contributed by atoms with Crippen LogP contribution in [-0.2, 0) is 14.3 Å². The molecule has 0 spiro atoms. The van der Waals surface area contributed by atoms with Crippen LogP contribution in [0.1, 0.15) is 13.8 Å². The van der Waals surface area contributed by atoms with E-state index in [0.29, 0.717) is 36.3 Å². The molecule has 144 valence electrons. The van der Waals surface area contributed by atoms with Crippen molar-refractivity contribution in [2.45, 2.75) is 20.0 Å². The highest BCUT2D eigenvalue weighted by Crippen LogP contribution is 2.53. The number of anilines is 2. The molecule has 1 N–H and O–H groups in total. The predicted molar refractivity (Wildman–Crippen MR) is 96.1 cm³/mol. The third kappa shape index (κ3) is 3.24. The summed E-state index contributed by atoms with van der Waals surface area (Å²) < 4.78 is 19.9. The number of fused-ring (bicyclic) bond motifs is 1. The fraction of sp³-hybridized carbons (Fsp3) is 0.526. The molecule has 1 aromatic rings. The number of amides is 2. The Bertz CT molecular complexity index is 802. The van der Waals surface area contributed by atoms with Crippen LogP contribution in [0.25, 0.3) is 0 Å². The van der Waals surface area contributed by atoms with E-state index in [1.165, 1.54) is 17.9 Å². The first-order valence-electron chi connectivity index (χ1n) is 9.12. The first-order valence-corrected chi connectivity index (χ1v) is 9.12. The van der Waals surface area contributed by atoms with E-state index in [4.69, 9.17) is 4.74 Å². The van der Waals surface area contributed by atoms with Gasteiger partial charge in [-0.1, -0.05) is 0 Å². The van der Waals surface area contributed by atoms with Crippen LogP contribution in [0.4, 0.5) is 20.6 Å². The molecule has 1 saturated carbocycles. The summed E-state index contributed by atoms with van der Waals surface area (Å²) in [4.78, 5) is 37.9. The van der Waals surface area contributed by atoms with Gasteiger partial charge < -0.3 is 15.0 Å². The van der Waals surface area contributed by atoms with Crippen LogP contribution in [0, 0.1) is 23.6 Å². The zero-order valence-electron chi connectivity index (χ0n) is 15.3. The van der Waals surface area contributed by atoms with Gasteiger partial charge in [-0.05, 0) is 37.0 Å². The van der Waals surface area contributed by atoms with Gasteiger partial charge in [-0.3, -0.25) is 14.5 Å². The maximum Gasteiger partial charge on any atom is 0.414 e. The minimum absolute atomic E-state index is 0.142. The topological polar surface area (TPSA) is 79.0 Å². The highest BCUT2D eigenvalue weighted by atomic mass is 19.1. The average Bonchev–Trinajstić information content (AvgIpc) is 2.94. The number of piperidine rings is 1. The van der Waals surface area contributed by atoms with E-state index in [1.54, 1.807) is 19.1 Å². The van der Waals surface area contributed by atoms with Gasteiger partial charge in [0.2, 0.25) is 5.91 Å². The number of nitrogens with zero attached hydrogens (tertiary/aromatic N) is 2. The second kappa shape index (κ2) is 6.51. The molecule has 0 bridgehead atoms. The lowest BCUT2D eigenvalue weighted by Gasteiger charge is -2.23. The Hall–Kier alpha value is -2.64. The van der Waals surface area contributed by atoms with Crippen molar-refractivity contribution in [1.29, 1.82) is 0 Å². The number of rotatable bonds is 5. The van der Waals surface area contributed by atoms with Crippen molar-refractivity contribution in [1.82, 2.24) is 5.32 Å². The molecule has 4 atom stereocenters. The summed E-state index contributed by atoms with van der Waals surface area (Å²) in [5, 5.41) is 2.61. The minimum Gasteiger partial charge on any atom is -0.442 e. The number of cyclic esters (lactones) is 1. The minimum atomic E-state index is -0.552. The predicted octanol–water partition coefficient (Wildman–Crippen LogP) is 1.56. The third-order valence-electron chi connectivity index (χ3n) is 5.70. The van der Waals surface area contributed by atoms with Gasteiger partial charge in [0.15, 0.2) is 0 Å². The van der Waals surface area contributed by atoms with Crippen molar-refractivity contribution in [3.05, 3.63) is 24.0 Å². The van der Waals surface area contributed by atoms with Crippen LogP contribution in [-0.4, -0.2) is 50.1 Å². The number of Topliss-reactive ketones (excluding diaryl/α,β-unsaturated/α-hetero) is 1. The summed E-state index contributed by atoms with van der Waals surface area (Å²) in [7, 11) is 0. The van der Waals surface area contributed by atoms with Crippen LogP contribution in [0.15, 0.2) is 18.2 Å². The van der Waals surface area contributed by atoms with E-state index in [0.717, 1.165) is 0 Å². The van der Waals surface area contributed by atoms with Gasteiger partial charge in [-0.15, -0.1) is 0 Å². The molecule has 0 radical (unpaired) electrons. The van der Waals surface area contributed by atoms with Gasteiger partial charge in [0.25, 0.3) is 0 Å². The number of hydrogen-bond donors (Lipinski definition) is 1. The monoisotopic (exact) mass is 375 g/mol. The number of halogens is 1. The van der Waals surface area contributed by atoms with Gasteiger partial charge in [-0.2, -0.15) is 0 Å². The molecular formula is C19H22FN3O4. The van der Waals surface area contributed by atoms with Crippen molar-refractivity contribution in [2.24, 2.45) is 17.8 Å². The Morgan fingerprint density at radius 3 is 2.52 bits per heavy atom. The summed E-state index contributed by atoms with van der Waals surface area (Å²) in [6.07, 6.45) is -1.01. The first kappa shape index (κ1) is 17.8. The summed E-state index contributed by atoms with van der Waals surface area (Å²) in [5.41, 5.74) is 0.924. The molecule has 7 nitrogen and oxygen atoms in total. The maximum absolute atomic E-state index is 14.7. The van der Waals surface area contributed by atoms with Gasteiger partial charge >= 0.3 is 6.09 Å². The highest BCUT2D eigenvalue weighted by molar-refractivity contribution is 5.90. The van der Waals surface area contributed by atoms with E-state index < -0.39 is 18.0 Å². The second-order valence-corrected chi connectivity index (χ2v) is 7.56. The van der Waals surface area contributed by atoms with Crippen LogP contribution in [0.3, 0.4) is 0 Å². The third-order valence-corrected chi connectivity index (χ3v) is 5.70. The standard InChI is InChI=1S/C19H22FN3O4/c1-10(24)18-14-8-22(9-15(14)18)17-4-3-12(5-16(17)20)23-7-13(27-19(23)26)6-21-11(2)25/h3-5,13-15,18H,6-9H2,1-2H3,(H,21,25)/t13-,14-,15+,18?/m0/s1. The lowest BCUT2D eigenvalue weighted by molar-refractivity contribution is -0.119. The second-order valence-electron chi connectivity index (χ2n) is 7.56. The smallest absolute Gasteiger partial charge is 0.414 e. The summed E-state index contributed by atoms with van der Waals surface area (Å²) in [5.74, 6) is 0.446. The van der Waals surface area contributed by atoms with Gasteiger partial charge in [0, 0.05) is 25.9 Å². The number of hydrogen-bond acceptors (Lipinski definition) is 5. The van der Waals surface area contributed by atoms with Gasteiger partial charge in [0.05, 0.1) is 24.5 Å². The fourth-order valence-electron chi connectivity index (χ4n) is 4.34. The number of carbonyl (C=O) groups excluding carboxylic acids is 3. The molecule has 27 heavy (non-hydrogen) atoms. The normalized spacial score (nSPS) is 28.8. The molecule has 2 heterocycles. The Balaban J connectivity index is 1.41. The molecule has 0 aromatic heterocycles. The highest BCUT2D eigenvalue weighted by Gasteiger charge is 2.58. The first-order chi connectivity index (χ1) is 12.8. The van der Waals surface area contributed by atoms with Crippen molar-refractivity contribution in [2.75, 3.05) is 36.0 Å². The van der Waals surface area contributed by atoms with E-state index in [9.17, 15) is 18.8 Å². The quantitative estimate of drug-likeness (QED) is 0.845. The van der Waals surface area contributed by atoms with Gasteiger partial charge in [0.1, 0.15) is 17.7 Å². The van der Waals surface area contributed by atoms with Crippen molar-refractivity contribution in [3.63, 3.8) is 0 Å². The largest absolute Gasteiger partial charge is 0.442 e. The molecule has 1 aromatic carbocycles. The lowest BCUT2D eigenvalue weighted by Crippen LogP contribution is -2.33. The SMILES string of the molecule is CC(=O)NC[C@H]1CN(c2ccc(N3C[C@@H]4C(C(C)=O)[C@@H]4C3)c(F)c2)C(=O)O1. The molecular weight excluding hydrogens is 353 g/mol. The lowest BCUT2D eigenvalue weighted by atomic mass is 10.1. The number of benzene rings is 1. The molecule has 3 fully saturated rings. The molecule has 2 aliphatic heterocycles. The number of carbonyl (C=O) groups is 3. The van der Waals surface area contributed by atoms with Crippen LogP contribution < -0.4 is 15.1 Å². The molecule has 1 aliphatic carbocycles. The maximum atomic E-state index is 14.7. The summed E-state index contributed by atoms with van der Waals surface area (Å²) in [6.45, 7) is 4.88.